The summed E-state index contributed by atoms with van der Waals surface area (Å²) in [6.07, 6.45) is 3.35. The van der Waals surface area contributed by atoms with E-state index in [-0.39, 0.29) is 5.69 Å². The third-order valence-electron chi connectivity index (χ3n) is 3.72. The van der Waals surface area contributed by atoms with Crippen LogP contribution in [0.4, 0.5) is 0 Å². The number of carboxylic acid groups (broad SMARTS) is 1. The highest BCUT2D eigenvalue weighted by Gasteiger charge is 2.11. The van der Waals surface area contributed by atoms with Gasteiger partial charge < -0.3 is 9.84 Å². The number of nitrogens with zero attached hydrogens (tertiary/aromatic N) is 2. The molecule has 6 heteroatoms. The lowest BCUT2D eigenvalue weighted by atomic mass is 10.2. The van der Waals surface area contributed by atoms with Crippen LogP contribution in [-0.4, -0.2) is 27.7 Å². The fourth-order valence-corrected chi connectivity index (χ4v) is 2.50. The predicted octanol–water partition coefficient (Wildman–Crippen LogP) is 2.66. The average molecular weight is 336 g/mol. The van der Waals surface area contributed by atoms with Crippen molar-refractivity contribution in [2.24, 2.45) is 0 Å². The van der Waals surface area contributed by atoms with Crippen molar-refractivity contribution in [3.8, 4) is 5.75 Å². The minimum absolute atomic E-state index is 0.191. The smallest absolute Gasteiger partial charge is 0.323 e. The second-order valence-corrected chi connectivity index (χ2v) is 5.38. The van der Waals surface area contributed by atoms with Crippen molar-refractivity contribution in [2.45, 2.75) is 6.54 Å². The first-order chi connectivity index (χ1) is 12.1. The molecule has 0 bridgehead atoms. The van der Waals surface area contributed by atoms with Crippen LogP contribution in [0.15, 0.2) is 53.3 Å². The van der Waals surface area contributed by atoms with Gasteiger partial charge in [0.05, 0.1) is 18.1 Å². The molecular weight excluding hydrogens is 320 g/mol. The SMILES string of the molecule is COc1ccc(/C=C/c2nc3ccccc3n(CC(=O)O)c2=O)cc1. The van der Waals surface area contributed by atoms with Crippen molar-refractivity contribution < 1.29 is 14.6 Å². The van der Waals surface area contributed by atoms with Crippen molar-refractivity contribution in [1.29, 1.82) is 0 Å². The summed E-state index contributed by atoms with van der Waals surface area (Å²) >= 11 is 0. The number of benzene rings is 2. The highest BCUT2D eigenvalue weighted by Crippen LogP contribution is 2.14. The van der Waals surface area contributed by atoms with Crippen LogP contribution >= 0.6 is 0 Å². The van der Waals surface area contributed by atoms with Crippen LogP contribution < -0.4 is 10.3 Å². The van der Waals surface area contributed by atoms with E-state index >= 15 is 0 Å². The predicted molar refractivity (Wildman–Crippen MR) is 95.6 cm³/mol. The molecule has 0 atom stereocenters. The topological polar surface area (TPSA) is 81.4 Å². The van der Waals surface area contributed by atoms with Gasteiger partial charge in [0.15, 0.2) is 0 Å². The third-order valence-corrected chi connectivity index (χ3v) is 3.72. The van der Waals surface area contributed by atoms with Crippen LogP contribution in [0.1, 0.15) is 11.3 Å². The van der Waals surface area contributed by atoms with Gasteiger partial charge in [-0.1, -0.05) is 30.3 Å². The van der Waals surface area contributed by atoms with Crippen molar-refractivity contribution >= 4 is 29.2 Å². The van der Waals surface area contributed by atoms with E-state index in [1.54, 1.807) is 43.5 Å². The fraction of sp³-hybridized carbons (Fsp3) is 0.105. The number of carbonyl (C=O) groups is 1. The van der Waals surface area contributed by atoms with Crippen molar-refractivity contribution in [1.82, 2.24) is 9.55 Å². The van der Waals surface area contributed by atoms with E-state index in [1.807, 2.05) is 24.3 Å². The summed E-state index contributed by atoms with van der Waals surface area (Å²) < 4.78 is 6.33. The molecule has 2 aromatic carbocycles. The minimum Gasteiger partial charge on any atom is -0.497 e. The Morgan fingerprint density at radius 2 is 1.88 bits per heavy atom. The Balaban J connectivity index is 2.06. The Kier molecular flexibility index (Phi) is 4.61. The summed E-state index contributed by atoms with van der Waals surface area (Å²) in [5.41, 5.74) is 1.69. The van der Waals surface area contributed by atoms with Gasteiger partial charge in [0.1, 0.15) is 18.0 Å². The second-order valence-electron chi connectivity index (χ2n) is 5.38. The fourth-order valence-electron chi connectivity index (χ4n) is 2.50. The third kappa shape index (κ3) is 3.58. The molecule has 1 N–H and O–H groups in total. The van der Waals surface area contributed by atoms with Gasteiger partial charge in [-0.3, -0.25) is 14.2 Å². The number of hydrogen-bond acceptors (Lipinski definition) is 4. The number of para-hydroxylation sites is 2. The molecule has 0 spiro atoms. The monoisotopic (exact) mass is 336 g/mol. The van der Waals surface area contributed by atoms with E-state index < -0.39 is 18.1 Å². The maximum absolute atomic E-state index is 12.6. The molecule has 1 heterocycles. The van der Waals surface area contributed by atoms with Crippen LogP contribution in [0.5, 0.6) is 5.75 Å². The molecule has 3 aromatic rings. The maximum atomic E-state index is 12.6. The van der Waals surface area contributed by atoms with Gasteiger partial charge in [0, 0.05) is 0 Å². The van der Waals surface area contributed by atoms with Gasteiger partial charge in [-0.15, -0.1) is 0 Å². The Labute approximate surface area is 143 Å². The van der Waals surface area contributed by atoms with Crippen molar-refractivity contribution in [3.63, 3.8) is 0 Å². The van der Waals surface area contributed by atoms with Crippen molar-refractivity contribution in [2.75, 3.05) is 7.11 Å². The Morgan fingerprint density at radius 1 is 1.16 bits per heavy atom. The summed E-state index contributed by atoms with van der Waals surface area (Å²) in [6, 6.07) is 14.3. The molecule has 0 amide bonds. The minimum atomic E-state index is -1.08. The summed E-state index contributed by atoms with van der Waals surface area (Å²) in [5, 5.41) is 9.09. The quantitative estimate of drug-likeness (QED) is 0.775. The number of aromatic nitrogens is 2. The average Bonchev–Trinajstić information content (AvgIpc) is 2.63. The first kappa shape index (κ1) is 16.4. The first-order valence-corrected chi connectivity index (χ1v) is 7.62. The largest absolute Gasteiger partial charge is 0.497 e. The van der Waals surface area contributed by atoms with Crippen LogP contribution in [0.3, 0.4) is 0 Å². The van der Waals surface area contributed by atoms with E-state index in [2.05, 4.69) is 4.98 Å². The Bertz CT molecular complexity index is 1000. The van der Waals surface area contributed by atoms with Gasteiger partial charge in [0.25, 0.3) is 5.56 Å². The molecule has 0 saturated carbocycles. The molecule has 0 saturated heterocycles. The lowest BCUT2D eigenvalue weighted by molar-refractivity contribution is -0.137. The standard InChI is InChI=1S/C19H16N2O4/c1-25-14-9-6-13(7-10-14)8-11-16-19(24)21(12-18(22)23)17-5-3-2-4-15(17)20-16/h2-11H,12H2,1H3,(H,22,23)/b11-8+. The molecule has 3 rings (SSSR count). The lowest BCUT2D eigenvalue weighted by Crippen LogP contribution is -2.27. The van der Waals surface area contributed by atoms with Crippen molar-refractivity contribution in [3.05, 3.63) is 70.1 Å². The molecule has 0 aliphatic rings. The Hall–Kier alpha value is -3.41. The highest BCUT2D eigenvalue weighted by atomic mass is 16.5. The van der Waals surface area contributed by atoms with Crippen LogP contribution in [0.25, 0.3) is 23.2 Å². The zero-order valence-corrected chi connectivity index (χ0v) is 13.5. The molecule has 0 aliphatic heterocycles. The van der Waals surface area contributed by atoms with Gasteiger partial charge in [0.2, 0.25) is 0 Å². The van der Waals surface area contributed by atoms with E-state index in [4.69, 9.17) is 9.84 Å². The molecule has 0 unspecified atom stereocenters. The molecule has 25 heavy (non-hydrogen) atoms. The van der Waals surface area contributed by atoms with E-state index in [0.29, 0.717) is 11.0 Å². The number of methoxy groups -OCH3 is 1. The molecule has 0 aliphatic carbocycles. The number of ether oxygens (including phenoxy) is 1. The summed E-state index contributed by atoms with van der Waals surface area (Å²) in [5.74, 6) is -0.340. The molecule has 6 nitrogen and oxygen atoms in total. The number of aliphatic carboxylic acids is 1. The zero-order valence-electron chi connectivity index (χ0n) is 13.5. The highest BCUT2D eigenvalue weighted by molar-refractivity contribution is 5.79. The lowest BCUT2D eigenvalue weighted by Gasteiger charge is -2.08. The van der Waals surface area contributed by atoms with Gasteiger partial charge in [-0.2, -0.15) is 0 Å². The molecule has 0 fully saturated rings. The van der Waals surface area contributed by atoms with Gasteiger partial charge in [-0.05, 0) is 35.9 Å². The van der Waals surface area contributed by atoms with Crippen LogP contribution in [0.2, 0.25) is 0 Å². The Morgan fingerprint density at radius 3 is 2.56 bits per heavy atom. The first-order valence-electron chi connectivity index (χ1n) is 7.62. The summed E-state index contributed by atoms with van der Waals surface area (Å²) in [4.78, 5) is 28.1. The molecule has 0 radical (unpaired) electrons. The normalized spacial score (nSPS) is 11.1. The summed E-state index contributed by atoms with van der Waals surface area (Å²) in [7, 11) is 1.59. The maximum Gasteiger partial charge on any atom is 0.323 e. The van der Waals surface area contributed by atoms with E-state index in [9.17, 15) is 9.59 Å². The van der Waals surface area contributed by atoms with E-state index in [0.717, 1.165) is 11.3 Å². The van der Waals surface area contributed by atoms with Gasteiger partial charge in [-0.25, -0.2) is 4.98 Å². The number of fused-ring (bicyclic) bond motifs is 1. The number of carboxylic acids is 1. The molecule has 1 aromatic heterocycles. The molecular formula is C19H16N2O4. The second kappa shape index (κ2) is 7.00. The molecule has 126 valence electrons. The van der Waals surface area contributed by atoms with Crippen LogP contribution in [-0.2, 0) is 11.3 Å². The van der Waals surface area contributed by atoms with Gasteiger partial charge >= 0.3 is 5.97 Å². The number of hydrogen-bond donors (Lipinski definition) is 1. The number of rotatable bonds is 5. The summed E-state index contributed by atoms with van der Waals surface area (Å²) in [6.45, 7) is -0.411. The zero-order chi connectivity index (χ0) is 17.8. The van der Waals surface area contributed by atoms with Crippen LogP contribution in [0, 0.1) is 0 Å². The van der Waals surface area contributed by atoms with E-state index in [1.165, 1.54) is 4.57 Å².